The summed E-state index contributed by atoms with van der Waals surface area (Å²) in [4.78, 5) is 0. The molecule has 0 spiro atoms. The van der Waals surface area contributed by atoms with Crippen LogP contribution in [-0.2, 0) is 17.9 Å². The number of methoxy groups -OCH3 is 1. The highest BCUT2D eigenvalue weighted by atomic mass is 79.9. The Morgan fingerprint density at radius 2 is 2.17 bits per heavy atom. The van der Waals surface area contributed by atoms with E-state index in [9.17, 15) is 8.78 Å². The molecule has 1 N–H and O–H groups in total. The van der Waals surface area contributed by atoms with E-state index in [0.717, 1.165) is 6.07 Å². The van der Waals surface area contributed by atoms with Crippen LogP contribution in [0.25, 0.3) is 11.0 Å². The van der Waals surface area contributed by atoms with E-state index in [0.29, 0.717) is 27.7 Å². The van der Waals surface area contributed by atoms with Crippen LogP contribution in [0.2, 0.25) is 0 Å². The molecule has 98 valence electrons. The van der Waals surface area contributed by atoms with Crippen LogP contribution in [-0.4, -0.2) is 14.2 Å². The summed E-state index contributed by atoms with van der Waals surface area (Å²) in [6, 6.07) is 1.09. The first-order valence-electron chi connectivity index (χ1n) is 5.31. The Labute approximate surface area is 111 Å². The van der Waals surface area contributed by atoms with Crippen LogP contribution in [0.4, 0.5) is 8.78 Å². The van der Waals surface area contributed by atoms with Crippen molar-refractivity contribution in [2.45, 2.75) is 13.2 Å². The molecule has 0 saturated carbocycles. The van der Waals surface area contributed by atoms with E-state index >= 15 is 0 Å². The van der Waals surface area contributed by atoms with Gasteiger partial charge in [-0.05, 0) is 29.0 Å². The van der Waals surface area contributed by atoms with Gasteiger partial charge in [-0.2, -0.15) is 4.39 Å². The average Bonchev–Trinajstić information content (AvgIpc) is 2.67. The Morgan fingerprint density at radius 1 is 1.44 bits per heavy atom. The second-order valence-corrected chi connectivity index (χ2v) is 4.68. The van der Waals surface area contributed by atoms with Crippen LogP contribution in [0.5, 0.6) is 0 Å². The van der Waals surface area contributed by atoms with Crippen molar-refractivity contribution in [3.05, 3.63) is 33.5 Å². The molecule has 0 aliphatic carbocycles. The Morgan fingerprint density at radius 3 is 2.78 bits per heavy atom. The Balaban J connectivity index is 2.75. The minimum absolute atomic E-state index is 0.0841. The minimum Gasteiger partial charge on any atom is -0.456 e. The lowest BCUT2D eigenvalue weighted by Gasteiger charge is -2.02. The molecule has 1 aromatic heterocycles. The van der Waals surface area contributed by atoms with Gasteiger partial charge in [-0.25, -0.2) is 4.39 Å². The monoisotopic (exact) mass is 319 g/mol. The lowest BCUT2D eigenvalue weighted by atomic mass is 10.1. The van der Waals surface area contributed by atoms with Crippen LogP contribution in [0.1, 0.15) is 11.3 Å². The van der Waals surface area contributed by atoms with Gasteiger partial charge in [0.15, 0.2) is 11.4 Å². The normalized spacial score (nSPS) is 11.4. The van der Waals surface area contributed by atoms with Crippen molar-refractivity contribution < 1.29 is 17.9 Å². The smallest absolute Gasteiger partial charge is 0.201 e. The molecule has 18 heavy (non-hydrogen) atoms. The third kappa shape index (κ3) is 2.15. The molecule has 0 aliphatic rings. The molecule has 0 radical (unpaired) electrons. The van der Waals surface area contributed by atoms with Gasteiger partial charge >= 0.3 is 0 Å². The number of hydrogen-bond donors (Lipinski definition) is 1. The molecule has 0 atom stereocenters. The third-order valence-electron chi connectivity index (χ3n) is 2.62. The highest BCUT2D eigenvalue weighted by molar-refractivity contribution is 9.10. The van der Waals surface area contributed by atoms with Crippen LogP contribution < -0.4 is 5.32 Å². The zero-order valence-electron chi connectivity index (χ0n) is 9.94. The Kier molecular flexibility index (Phi) is 3.99. The maximum atomic E-state index is 13.7. The SMILES string of the molecule is CNCc1oc2c(F)c(F)cc(Br)c2c1COC. The van der Waals surface area contributed by atoms with Crippen LogP contribution in [0.3, 0.4) is 0 Å². The zero-order chi connectivity index (χ0) is 13.3. The standard InChI is InChI=1S/C12H12BrF2NO2/c1-16-4-9-6(5-17-2)10-7(13)3-8(14)11(15)12(10)18-9/h3,16H,4-5H2,1-2H3. The van der Waals surface area contributed by atoms with E-state index in [-0.39, 0.29) is 12.2 Å². The van der Waals surface area contributed by atoms with Crippen molar-refractivity contribution in [1.82, 2.24) is 5.32 Å². The van der Waals surface area contributed by atoms with Gasteiger partial charge in [0.25, 0.3) is 0 Å². The first kappa shape index (κ1) is 13.5. The maximum Gasteiger partial charge on any atom is 0.201 e. The number of furan rings is 1. The fraction of sp³-hybridized carbons (Fsp3) is 0.333. The number of benzene rings is 1. The molecule has 1 aromatic carbocycles. The summed E-state index contributed by atoms with van der Waals surface area (Å²) in [6.07, 6.45) is 0. The first-order valence-corrected chi connectivity index (χ1v) is 6.10. The molecule has 0 unspecified atom stereocenters. The van der Waals surface area contributed by atoms with Crippen molar-refractivity contribution >= 4 is 26.9 Å². The fourth-order valence-electron chi connectivity index (χ4n) is 1.88. The molecular weight excluding hydrogens is 308 g/mol. The summed E-state index contributed by atoms with van der Waals surface area (Å²) in [6.45, 7) is 0.689. The summed E-state index contributed by atoms with van der Waals surface area (Å²) in [5, 5.41) is 3.43. The largest absolute Gasteiger partial charge is 0.456 e. The molecular formula is C12H12BrF2NO2. The lowest BCUT2D eigenvalue weighted by Crippen LogP contribution is -2.06. The summed E-state index contributed by atoms with van der Waals surface area (Å²) < 4.78 is 37.9. The van der Waals surface area contributed by atoms with Gasteiger partial charge < -0.3 is 14.5 Å². The number of ether oxygens (including phenoxy) is 1. The maximum absolute atomic E-state index is 13.7. The number of hydrogen-bond acceptors (Lipinski definition) is 3. The average molecular weight is 320 g/mol. The quantitative estimate of drug-likeness (QED) is 0.878. The van der Waals surface area contributed by atoms with Gasteiger partial charge in [-0.3, -0.25) is 0 Å². The van der Waals surface area contributed by atoms with Crippen molar-refractivity contribution in [2.75, 3.05) is 14.2 Å². The van der Waals surface area contributed by atoms with E-state index < -0.39 is 11.6 Å². The van der Waals surface area contributed by atoms with Gasteiger partial charge in [0.2, 0.25) is 5.82 Å². The van der Waals surface area contributed by atoms with Crippen molar-refractivity contribution in [2.24, 2.45) is 0 Å². The Hall–Kier alpha value is -0.980. The van der Waals surface area contributed by atoms with Crippen molar-refractivity contribution in [1.29, 1.82) is 0 Å². The molecule has 0 saturated heterocycles. The fourth-order valence-corrected chi connectivity index (χ4v) is 2.50. The van der Waals surface area contributed by atoms with Crippen LogP contribution in [0, 0.1) is 11.6 Å². The number of halogens is 3. The van der Waals surface area contributed by atoms with E-state index in [1.807, 2.05) is 0 Å². The molecule has 2 aromatic rings. The van der Waals surface area contributed by atoms with E-state index in [2.05, 4.69) is 21.2 Å². The van der Waals surface area contributed by atoms with Crippen LogP contribution in [0.15, 0.2) is 15.0 Å². The first-order chi connectivity index (χ1) is 8.60. The van der Waals surface area contributed by atoms with E-state index in [1.54, 1.807) is 7.05 Å². The molecule has 0 amide bonds. The van der Waals surface area contributed by atoms with E-state index in [1.165, 1.54) is 7.11 Å². The zero-order valence-corrected chi connectivity index (χ0v) is 11.5. The predicted molar refractivity (Wildman–Crippen MR) is 67.3 cm³/mol. The summed E-state index contributed by atoms with van der Waals surface area (Å²) in [5.41, 5.74) is 0.631. The van der Waals surface area contributed by atoms with Gasteiger partial charge in [0, 0.05) is 22.5 Å². The molecule has 6 heteroatoms. The second-order valence-electron chi connectivity index (χ2n) is 3.83. The Bertz CT molecular complexity index is 583. The van der Waals surface area contributed by atoms with Crippen molar-refractivity contribution in [3.8, 4) is 0 Å². The van der Waals surface area contributed by atoms with Gasteiger partial charge in [0.1, 0.15) is 5.76 Å². The number of nitrogens with one attached hydrogen (secondary N) is 1. The summed E-state index contributed by atoms with van der Waals surface area (Å²) in [5.74, 6) is -1.38. The topological polar surface area (TPSA) is 34.4 Å². The molecule has 2 rings (SSSR count). The van der Waals surface area contributed by atoms with Gasteiger partial charge in [-0.1, -0.05) is 0 Å². The van der Waals surface area contributed by atoms with E-state index in [4.69, 9.17) is 9.15 Å². The van der Waals surface area contributed by atoms with Gasteiger partial charge in [0.05, 0.1) is 13.2 Å². The summed E-state index contributed by atoms with van der Waals surface area (Å²) >= 11 is 3.22. The molecule has 3 nitrogen and oxygen atoms in total. The number of rotatable bonds is 4. The minimum atomic E-state index is -0.979. The molecule has 0 fully saturated rings. The molecule has 0 bridgehead atoms. The number of fused-ring (bicyclic) bond motifs is 1. The summed E-state index contributed by atoms with van der Waals surface area (Å²) in [7, 11) is 3.28. The van der Waals surface area contributed by atoms with Gasteiger partial charge in [-0.15, -0.1) is 0 Å². The third-order valence-corrected chi connectivity index (χ3v) is 3.24. The highest BCUT2D eigenvalue weighted by Crippen LogP contribution is 2.35. The molecule has 1 heterocycles. The highest BCUT2D eigenvalue weighted by Gasteiger charge is 2.21. The van der Waals surface area contributed by atoms with Crippen molar-refractivity contribution in [3.63, 3.8) is 0 Å². The predicted octanol–water partition coefficient (Wildman–Crippen LogP) is 3.34. The lowest BCUT2D eigenvalue weighted by molar-refractivity contribution is 0.183. The van der Waals surface area contributed by atoms with Crippen LogP contribution >= 0.6 is 15.9 Å². The second kappa shape index (κ2) is 5.34. The molecule has 0 aliphatic heterocycles.